The van der Waals surface area contributed by atoms with Crippen molar-refractivity contribution < 1.29 is 4.79 Å². The maximum Gasteiger partial charge on any atom is 0.271 e. The van der Waals surface area contributed by atoms with Crippen LogP contribution in [0.4, 0.5) is 0 Å². The monoisotopic (exact) mass is 245 g/mol. The van der Waals surface area contributed by atoms with Crippen molar-refractivity contribution >= 4 is 5.91 Å². The summed E-state index contributed by atoms with van der Waals surface area (Å²) in [6.07, 6.45) is 3.40. The summed E-state index contributed by atoms with van der Waals surface area (Å²) < 4.78 is 1.55. The second-order valence-corrected chi connectivity index (χ2v) is 3.96. The molecule has 1 atom stereocenters. The molecular weight excluding hydrogens is 230 g/mol. The maximum atomic E-state index is 11.4. The number of aromatic nitrogens is 3. The summed E-state index contributed by atoms with van der Waals surface area (Å²) in [7, 11) is 1.57. The smallest absolute Gasteiger partial charge is 0.271 e. The number of hydrogen-bond donors (Lipinski definition) is 2. The Kier molecular flexibility index (Phi) is 3.38. The summed E-state index contributed by atoms with van der Waals surface area (Å²) in [5, 5.41) is 6.66. The largest absolute Gasteiger partial charge is 0.354 e. The first-order chi connectivity index (χ1) is 8.61. The van der Waals surface area contributed by atoms with Crippen LogP contribution in [-0.4, -0.2) is 27.7 Å². The van der Waals surface area contributed by atoms with Gasteiger partial charge in [-0.3, -0.25) is 4.79 Å². The first-order valence-electron chi connectivity index (χ1n) is 5.61. The van der Waals surface area contributed by atoms with Crippen LogP contribution in [0.15, 0.2) is 30.6 Å². The molecule has 6 nitrogen and oxygen atoms in total. The standard InChI is InChI=1S/C12H15N5O/c1-8(13)9-3-4-11(15-7-9)17-6-5-10(16-17)12(18)14-2/h3-8H,13H2,1-2H3,(H,14,18)/t8-/m1/s1. The molecule has 0 saturated carbocycles. The van der Waals surface area contributed by atoms with Crippen LogP contribution in [0.2, 0.25) is 0 Å². The number of nitrogens with zero attached hydrogens (tertiary/aromatic N) is 3. The van der Waals surface area contributed by atoms with Crippen LogP contribution in [0.5, 0.6) is 0 Å². The van der Waals surface area contributed by atoms with Gasteiger partial charge >= 0.3 is 0 Å². The molecule has 0 fully saturated rings. The van der Waals surface area contributed by atoms with Gasteiger partial charge in [0.25, 0.3) is 5.91 Å². The minimum Gasteiger partial charge on any atom is -0.354 e. The molecule has 2 heterocycles. The average Bonchev–Trinajstić information content (AvgIpc) is 2.87. The average molecular weight is 245 g/mol. The Morgan fingerprint density at radius 1 is 1.44 bits per heavy atom. The summed E-state index contributed by atoms with van der Waals surface area (Å²) in [4.78, 5) is 15.6. The van der Waals surface area contributed by atoms with E-state index in [4.69, 9.17) is 5.73 Å². The van der Waals surface area contributed by atoms with Crippen LogP contribution >= 0.6 is 0 Å². The minimum absolute atomic E-state index is 0.0504. The molecule has 0 bridgehead atoms. The Labute approximate surface area is 105 Å². The van der Waals surface area contributed by atoms with E-state index in [1.54, 1.807) is 30.2 Å². The summed E-state index contributed by atoms with van der Waals surface area (Å²) >= 11 is 0. The van der Waals surface area contributed by atoms with Crippen molar-refractivity contribution in [2.24, 2.45) is 5.73 Å². The molecule has 0 aromatic carbocycles. The van der Waals surface area contributed by atoms with Crippen LogP contribution in [-0.2, 0) is 0 Å². The lowest BCUT2D eigenvalue weighted by molar-refractivity contribution is 0.0957. The van der Waals surface area contributed by atoms with Gasteiger partial charge in [0.1, 0.15) is 0 Å². The van der Waals surface area contributed by atoms with E-state index in [1.807, 2.05) is 19.1 Å². The molecule has 3 N–H and O–H groups in total. The molecule has 94 valence electrons. The van der Waals surface area contributed by atoms with Gasteiger partial charge in [-0.05, 0) is 24.6 Å². The maximum absolute atomic E-state index is 11.4. The molecule has 2 rings (SSSR count). The normalized spacial score (nSPS) is 12.2. The fourth-order valence-electron chi connectivity index (χ4n) is 1.50. The quantitative estimate of drug-likeness (QED) is 0.831. The highest BCUT2D eigenvalue weighted by atomic mass is 16.1. The van der Waals surface area contributed by atoms with E-state index in [0.717, 1.165) is 5.56 Å². The highest BCUT2D eigenvalue weighted by Gasteiger charge is 2.08. The van der Waals surface area contributed by atoms with Crippen molar-refractivity contribution in [1.82, 2.24) is 20.1 Å². The van der Waals surface area contributed by atoms with E-state index < -0.39 is 0 Å². The van der Waals surface area contributed by atoms with E-state index >= 15 is 0 Å². The second-order valence-electron chi connectivity index (χ2n) is 3.96. The van der Waals surface area contributed by atoms with Crippen LogP contribution in [0.1, 0.15) is 29.0 Å². The van der Waals surface area contributed by atoms with Gasteiger partial charge < -0.3 is 11.1 Å². The molecule has 18 heavy (non-hydrogen) atoms. The Bertz CT molecular complexity index is 544. The molecule has 0 saturated heterocycles. The highest BCUT2D eigenvalue weighted by Crippen LogP contribution is 2.10. The van der Waals surface area contributed by atoms with Gasteiger partial charge in [-0.25, -0.2) is 9.67 Å². The third-order valence-corrected chi connectivity index (χ3v) is 2.58. The summed E-state index contributed by atoms with van der Waals surface area (Å²) in [5.41, 5.74) is 7.06. The lowest BCUT2D eigenvalue weighted by atomic mass is 10.2. The number of nitrogens with two attached hydrogens (primary N) is 1. The molecule has 0 aliphatic heterocycles. The van der Waals surface area contributed by atoms with E-state index in [-0.39, 0.29) is 11.9 Å². The van der Waals surface area contributed by atoms with E-state index in [1.165, 1.54) is 0 Å². The number of rotatable bonds is 3. The molecular formula is C12H15N5O. The summed E-state index contributed by atoms with van der Waals surface area (Å²) in [6.45, 7) is 1.90. The second kappa shape index (κ2) is 4.97. The molecule has 2 aromatic rings. The fraction of sp³-hybridized carbons (Fsp3) is 0.250. The molecule has 0 unspecified atom stereocenters. The number of carbonyl (C=O) groups is 1. The number of nitrogens with one attached hydrogen (secondary N) is 1. The van der Waals surface area contributed by atoms with Crippen LogP contribution in [0.3, 0.4) is 0 Å². The van der Waals surface area contributed by atoms with Crippen molar-refractivity contribution in [3.05, 3.63) is 41.9 Å². The molecule has 0 radical (unpaired) electrons. The number of carbonyl (C=O) groups excluding carboxylic acids is 1. The van der Waals surface area contributed by atoms with Crippen LogP contribution < -0.4 is 11.1 Å². The first-order valence-corrected chi connectivity index (χ1v) is 5.61. The minimum atomic E-state index is -0.221. The molecule has 1 amide bonds. The van der Waals surface area contributed by atoms with Crippen molar-refractivity contribution in [3.8, 4) is 5.82 Å². The summed E-state index contributed by atoms with van der Waals surface area (Å²) in [5.74, 6) is 0.426. The van der Waals surface area contributed by atoms with Crippen LogP contribution in [0, 0.1) is 0 Å². The molecule has 6 heteroatoms. The summed E-state index contributed by atoms with van der Waals surface area (Å²) in [6, 6.07) is 5.30. The zero-order chi connectivity index (χ0) is 13.1. The molecule has 0 aliphatic rings. The first kappa shape index (κ1) is 12.3. The van der Waals surface area contributed by atoms with Crippen molar-refractivity contribution in [2.45, 2.75) is 13.0 Å². The topological polar surface area (TPSA) is 85.8 Å². The third-order valence-electron chi connectivity index (χ3n) is 2.58. The number of hydrogen-bond acceptors (Lipinski definition) is 4. The Morgan fingerprint density at radius 3 is 2.78 bits per heavy atom. The van der Waals surface area contributed by atoms with Gasteiger partial charge in [0.05, 0.1) is 0 Å². The van der Waals surface area contributed by atoms with E-state index in [2.05, 4.69) is 15.4 Å². The van der Waals surface area contributed by atoms with Gasteiger partial charge in [0, 0.05) is 25.5 Å². The fourth-order valence-corrected chi connectivity index (χ4v) is 1.50. The SMILES string of the molecule is CNC(=O)c1ccn(-c2ccc([C@@H](C)N)cn2)n1. The van der Waals surface area contributed by atoms with E-state index in [0.29, 0.717) is 11.5 Å². The van der Waals surface area contributed by atoms with Crippen molar-refractivity contribution in [3.63, 3.8) is 0 Å². The number of pyridine rings is 1. The van der Waals surface area contributed by atoms with Gasteiger partial charge in [-0.2, -0.15) is 5.10 Å². The van der Waals surface area contributed by atoms with E-state index in [9.17, 15) is 4.79 Å². The van der Waals surface area contributed by atoms with Gasteiger partial charge in [0.2, 0.25) is 0 Å². The van der Waals surface area contributed by atoms with Gasteiger partial charge in [0.15, 0.2) is 11.5 Å². The van der Waals surface area contributed by atoms with Crippen LogP contribution in [0.25, 0.3) is 5.82 Å². The predicted molar refractivity (Wildman–Crippen MR) is 67.4 cm³/mol. The number of amides is 1. The Balaban J connectivity index is 2.26. The predicted octanol–water partition coefficient (Wildman–Crippen LogP) is 0.647. The highest BCUT2D eigenvalue weighted by molar-refractivity contribution is 5.91. The molecule has 2 aromatic heterocycles. The zero-order valence-electron chi connectivity index (χ0n) is 10.3. The zero-order valence-corrected chi connectivity index (χ0v) is 10.3. The lowest BCUT2D eigenvalue weighted by Gasteiger charge is -2.05. The van der Waals surface area contributed by atoms with Gasteiger partial charge in [-0.15, -0.1) is 0 Å². The Morgan fingerprint density at radius 2 is 2.22 bits per heavy atom. The molecule has 0 aliphatic carbocycles. The van der Waals surface area contributed by atoms with Crippen molar-refractivity contribution in [1.29, 1.82) is 0 Å². The van der Waals surface area contributed by atoms with Crippen molar-refractivity contribution in [2.75, 3.05) is 7.05 Å². The Hall–Kier alpha value is -2.21. The van der Waals surface area contributed by atoms with Gasteiger partial charge in [-0.1, -0.05) is 6.07 Å². The molecule has 0 spiro atoms. The third kappa shape index (κ3) is 2.38. The lowest BCUT2D eigenvalue weighted by Crippen LogP contribution is -2.18.